The molecule has 2 atom stereocenters. The molecule has 0 aliphatic carbocycles. The zero-order chi connectivity index (χ0) is 12.3. The molecule has 1 aliphatic heterocycles. The first-order chi connectivity index (χ1) is 8.22. The van der Waals surface area contributed by atoms with Crippen LogP contribution in [0.5, 0.6) is 0 Å². The minimum atomic E-state index is -0.0869. The summed E-state index contributed by atoms with van der Waals surface area (Å²) in [4.78, 5) is 11.9. The molecule has 2 rings (SSSR count). The van der Waals surface area contributed by atoms with Gasteiger partial charge >= 0.3 is 0 Å². The van der Waals surface area contributed by atoms with E-state index in [0.717, 1.165) is 5.56 Å². The van der Waals surface area contributed by atoms with Gasteiger partial charge in [0.25, 0.3) is 0 Å². The fraction of sp³-hybridized carbons (Fsp3) is 0.417. The molecule has 1 saturated heterocycles. The third-order valence-electron chi connectivity index (χ3n) is 2.90. The minimum absolute atomic E-state index is 0.00110. The quantitative estimate of drug-likeness (QED) is 0.760. The van der Waals surface area contributed by atoms with Gasteiger partial charge in [-0.1, -0.05) is 23.7 Å². The van der Waals surface area contributed by atoms with E-state index >= 15 is 0 Å². The van der Waals surface area contributed by atoms with Crippen molar-refractivity contribution >= 4 is 17.5 Å². The minimum Gasteiger partial charge on any atom is -0.356 e. The zero-order valence-electron chi connectivity index (χ0n) is 9.66. The van der Waals surface area contributed by atoms with Crippen LogP contribution in [0.1, 0.15) is 18.5 Å². The molecule has 1 amide bonds. The van der Waals surface area contributed by atoms with Gasteiger partial charge in [-0.2, -0.15) is 0 Å². The second-order valence-electron chi connectivity index (χ2n) is 4.06. The second kappa shape index (κ2) is 5.49. The molecular weight excluding hydrogens is 238 g/mol. The molecular formula is C12H16ClN3O. The van der Waals surface area contributed by atoms with E-state index in [2.05, 4.69) is 16.2 Å². The van der Waals surface area contributed by atoms with Crippen LogP contribution in [-0.2, 0) is 4.79 Å². The standard InChI is InChI=1S/C12H16ClN3O/c1-2-14-12(17)10-7-15-16-11(10)8-3-5-9(13)6-4-8/h3-6,10-11,15-16H,2,7H2,1H3,(H,14,17). The Kier molecular flexibility index (Phi) is 3.99. The van der Waals surface area contributed by atoms with Crippen LogP contribution in [0.25, 0.3) is 0 Å². The fourth-order valence-electron chi connectivity index (χ4n) is 2.03. The monoisotopic (exact) mass is 253 g/mol. The van der Waals surface area contributed by atoms with Crippen molar-refractivity contribution in [3.8, 4) is 0 Å². The Morgan fingerprint density at radius 3 is 2.82 bits per heavy atom. The summed E-state index contributed by atoms with van der Waals surface area (Å²) in [6.07, 6.45) is 0. The van der Waals surface area contributed by atoms with E-state index in [0.29, 0.717) is 18.1 Å². The number of nitrogens with one attached hydrogen (secondary N) is 3. The first kappa shape index (κ1) is 12.4. The van der Waals surface area contributed by atoms with Crippen LogP contribution in [0.2, 0.25) is 5.02 Å². The molecule has 3 N–H and O–H groups in total. The second-order valence-corrected chi connectivity index (χ2v) is 4.49. The highest BCUT2D eigenvalue weighted by atomic mass is 35.5. The van der Waals surface area contributed by atoms with Crippen molar-refractivity contribution in [1.29, 1.82) is 0 Å². The molecule has 1 aromatic rings. The Labute approximate surface area is 106 Å². The van der Waals surface area contributed by atoms with Gasteiger partial charge in [0, 0.05) is 18.1 Å². The lowest BCUT2D eigenvalue weighted by molar-refractivity contribution is -0.124. The molecule has 92 valence electrons. The van der Waals surface area contributed by atoms with Crippen LogP contribution in [0.4, 0.5) is 0 Å². The van der Waals surface area contributed by atoms with Gasteiger partial charge in [-0.05, 0) is 24.6 Å². The predicted octanol–water partition coefficient (Wildman–Crippen LogP) is 1.24. The number of hydrogen-bond acceptors (Lipinski definition) is 3. The number of halogens is 1. The van der Waals surface area contributed by atoms with Crippen LogP contribution >= 0.6 is 11.6 Å². The summed E-state index contributed by atoms with van der Waals surface area (Å²) in [5, 5.41) is 3.56. The van der Waals surface area contributed by atoms with E-state index in [1.165, 1.54) is 0 Å². The van der Waals surface area contributed by atoms with E-state index < -0.39 is 0 Å². The molecule has 0 saturated carbocycles. The SMILES string of the molecule is CCNC(=O)C1CNNC1c1ccc(Cl)cc1. The average molecular weight is 254 g/mol. The maximum atomic E-state index is 11.9. The Hall–Kier alpha value is -1.10. The Balaban J connectivity index is 2.14. The van der Waals surface area contributed by atoms with Gasteiger partial charge in [-0.25, -0.2) is 5.43 Å². The van der Waals surface area contributed by atoms with Gasteiger partial charge in [0.1, 0.15) is 0 Å². The number of hydrazine groups is 1. The van der Waals surface area contributed by atoms with E-state index in [1.807, 2.05) is 31.2 Å². The lowest BCUT2D eigenvalue weighted by Crippen LogP contribution is -2.34. The number of benzene rings is 1. The van der Waals surface area contributed by atoms with Gasteiger partial charge < -0.3 is 5.32 Å². The Bertz CT molecular complexity index is 393. The molecule has 4 nitrogen and oxygen atoms in total. The highest BCUT2D eigenvalue weighted by Gasteiger charge is 2.33. The van der Waals surface area contributed by atoms with Crippen molar-refractivity contribution in [2.75, 3.05) is 13.1 Å². The molecule has 1 fully saturated rings. The summed E-state index contributed by atoms with van der Waals surface area (Å²) in [5.41, 5.74) is 7.22. The van der Waals surface area contributed by atoms with Crippen LogP contribution < -0.4 is 16.2 Å². The summed E-state index contributed by atoms with van der Waals surface area (Å²) >= 11 is 5.85. The highest BCUT2D eigenvalue weighted by molar-refractivity contribution is 6.30. The first-order valence-corrected chi connectivity index (χ1v) is 6.11. The largest absolute Gasteiger partial charge is 0.356 e. The summed E-state index contributed by atoms with van der Waals surface area (Å²) < 4.78 is 0. The van der Waals surface area contributed by atoms with Crippen LogP contribution in [0.15, 0.2) is 24.3 Å². The molecule has 0 spiro atoms. The third-order valence-corrected chi connectivity index (χ3v) is 3.15. The average Bonchev–Trinajstić information content (AvgIpc) is 2.79. The topological polar surface area (TPSA) is 53.2 Å². The maximum absolute atomic E-state index is 11.9. The Morgan fingerprint density at radius 2 is 2.18 bits per heavy atom. The van der Waals surface area contributed by atoms with Gasteiger partial charge in [-0.3, -0.25) is 10.2 Å². The van der Waals surface area contributed by atoms with Crippen molar-refractivity contribution in [3.63, 3.8) is 0 Å². The lowest BCUT2D eigenvalue weighted by Gasteiger charge is -2.18. The van der Waals surface area contributed by atoms with Crippen molar-refractivity contribution in [2.24, 2.45) is 5.92 Å². The number of amides is 1. The number of carbonyl (C=O) groups is 1. The van der Waals surface area contributed by atoms with Crippen molar-refractivity contribution in [3.05, 3.63) is 34.9 Å². The van der Waals surface area contributed by atoms with Crippen LogP contribution in [-0.4, -0.2) is 19.0 Å². The van der Waals surface area contributed by atoms with Crippen molar-refractivity contribution in [2.45, 2.75) is 13.0 Å². The van der Waals surface area contributed by atoms with Crippen molar-refractivity contribution in [1.82, 2.24) is 16.2 Å². The first-order valence-electron chi connectivity index (χ1n) is 5.74. The van der Waals surface area contributed by atoms with Crippen LogP contribution in [0.3, 0.4) is 0 Å². The summed E-state index contributed by atoms with van der Waals surface area (Å²) in [6, 6.07) is 7.56. The molecule has 0 aromatic heterocycles. The van der Waals surface area contributed by atoms with E-state index in [4.69, 9.17) is 11.6 Å². The van der Waals surface area contributed by atoms with Gasteiger partial charge in [-0.15, -0.1) is 0 Å². The molecule has 1 heterocycles. The molecule has 0 bridgehead atoms. The summed E-state index contributed by atoms with van der Waals surface area (Å²) in [6.45, 7) is 3.22. The fourth-order valence-corrected chi connectivity index (χ4v) is 2.16. The van der Waals surface area contributed by atoms with E-state index in [9.17, 15) is 4.79 Å². The van der Waals surface area contributed by atoms with Crippen LogP contribution in [0, 0.1) is 5.92 Å². The summed E-state index contributed by atoms with van der Waals surface area (Å²) in [5.74, 6) is -0.0129. The number of rotatable bonds is 3. The molecule has 5 heteroatoms. The van der Waals surface area contributed by atoms with E-state index in [-0.39, 0.29) is 17.9 Å². The third kappa shape index (κ3) is 2.77. The van der Waals surface area contributed by atoms with Crippen molar-refractivity contribution < 1.29 is 4.79 Å². The Morgan fingerprint density at radius 1 is 1.47 bits per heavy atom. The molecule has 17 heavy (non-hydrogen) atoms. The molecule has 2 unspecified atom stereocenters. The number of hydrogen-bond donors (Lipinski definition) is 3. The predicted molar refractivity (Wildman–Crippen MR) is 67.5 cm³/mol. The molecule has 0 radical (unpaired) electrons. The zero-order valence-corrected chi connectivity index (χ0v) is 10.4. The highest BCUT2D eigenvalue weighted by Crippen LogP contribution is 2.25. The van der Waals surface area contributed by atoms with Gasteiger partial charge in [0.15, 0.2) is 0 Å². The van der Waals surface area contributed by atoms with E-state index in [1.54, 1.807) is 0 Å². The maximum Gasteiger partial charge on any atom is 0.226 e. The normalized spacial score (nSPS) is 23.6. The van der Waals surface area contributed by atoms with Gasteiger partial charge in [0.05, 0.1) is 12.0 Å². The van der Waals surface area contributed by atoms with Gasteiger partial charge in [0.2, 0.25) is 5.91 Å². The summed E-state index contributed by atoms with van der Waals surface area (Å²) in [7, 11) is 0. The molecule has 1 aromatic carbocycles. The molecule has 1 aliphatic rings. The lowest BCUT2D eigenvalue weighted by atomic mass is 9.94. The smallest absolute Gasteiger partial charge is 0.226 e. The number of carbonyl (C=O) groups excluding carboxylic acids is 1.